The maximum atomic E-state index is 13.2. The average molecular weight is 199 g/mol. The molecule has 0 saturated carbocycles. The van der Waals surface area contributed by atoms with Crippen molar-refractivity contribution in [1.29, 1.82) is 0 Å². The van der Waals surface area contributed by atoms with Crippen molar-refractivity contribution >= 4 is 0 Å². The number of fused-ring (bicyclic) bond motifs is 1. The van der Waals surface area contributed by atoms with Gasteiger partial charge in [-0.25, -0.2) is 8.78 Å². The molecule has 1 aliphatic carbocycles. The summed E-state index contributed by atoms with van der Waals surface area (Å²) in [5.74, 6) is -1.26. The highest BCUT2D eigenvalue weighted by molar-refractivity contribution is 5.34. The van der Waals surface area contributed by atoms with Crippen molar-refractivity contribution in [2.75, 3.05) is 0 Å². The van der Waals surface area contributed by atoms with Gasteiger partial charge in [-0.05, 0) is 30.0 Å². The number of nitrogens with two attached hydrogens (primary N) is 1. The molecule has 1 aromatic rings. The van der Waals surface area contributed by atoms with Crippen LogP contribution in [0, 0.1) is 11.6 Å². The van der Waals surface area contributed by atoms with Gasteiger partial charge in [0, 0.05) is 12.1 Å². The Labute approximate surface area is 80.4 Å². The fourth-order valence-electron chi connectivity index (χ4n) is 1.85. The molecule has 0 spiro atoms. The monoisotopic (exact) mass is 199 g/mol. The Bertz CT molecular complexity index is 367. The Morgan fingerprint density at radius 1 is 1.36 bits per heavy atom. The number of hydrogen-bond acceptors (Lipinski definition) is 2. The Morgan fingerprint density at radius 2 is 2.07 bits per heavy atom. The smallest absolute Gasteiger partial charge is 0.129 e. The summed E-state index contributed by atoms with van der Waals surface area (Å²) < 4.78 is 26.1. The third-order valence-electron chi connectivity index (χ3n) is 2.65. The second-order valence-electron chi connectivity index (χ2n) is 3.60. The van der Waals surface area contributed by atoms with Crippen molar-refractivity contribution in [3.63, 3.8) is 0 Å². The topological polar surface area (TPSA) is 46.2 Å². The van der Waals surface area contributed by atoms with Crippen LogP contribution in [-0.4, -0.2) is 11.1 Å². The molecule has 0 bridgehead atoms. The number of aliphatic hydroxyl groups is 1. The molecule has 2 atom stereocenters. The lowest BCUT2D eigenvalue weighted by molar-refractivity contribution is 0.132. The van der Waals surface area contributed by atoms with Gasteiger partial charge in [-0.3, -0.25) is 0 Å². The van der Waals surface area contributed by atoms with Crippen LogP contribution in [0.15, 0.2) is 12.1 Å². The summed E-state index contributed by atoms with van der Waals surface area (Å²) in [4.78, 5) is 0. The van der Waals surface area contributed by atoms with E-state index in [1.165, 1.54) is 0 Å². The van der Waals surface area contributed by atoms with Gasteiger partial charge in [0.05, 0.1) is 6.10 Å². The lowest BCUT2D eigenvalue weighted by atomic mass is 9.86. The number of benzene rings is 1. The van der Waals surface area contributed by atoms with E-state index in [0.717, 1.165) is 12.1 Å². The number of hydrogen-bond donors (Lipinski definition) is 2. The van der Waals surface area contributed by atoms with E-state index in [1.807, 2.05) is 0 Å². The Morgan fingerprint density at radius 3 is 2.79 bits per heavy atom. The molecule has 14 heavy (non-hydrogen) atoms. The van der Waals surface area contributed by atoms with Gasteiger partial charge in [-0.2, -0.15) is 0 Å². The van der Waals surface area contributed by atoms with Crippen LogP contribution < -0.4 is 5.73 Å². The molecular weight excluding hydrogens is 188 g/mol. The third-order valence-corrected chi connectivity index (χ3v) is 2.65. The molecule has 0 amide bonds. The fraction of sp³-hybridized carbons (Fsp3) is 0.400. The molecule has 2 nitrogen and oxygen atoms in total. The van der Waals surface area contributed by atoms with Crippen molar-refractivity contribution in [3.05, 3.63) is 34.9 Å². The minimum atomic E-state index is -0.955. The van der Waals surface area contributed by atoms with E-state index < -0.39 is 23.8 Å². The fourth-order valence-corrected chi connectivity index (χ4v) is 1.85. The molecule has 2 unspecified atom stereocenters. The maximum Gasteiger partial charge on any atom is 0.129 e. The van der Waals surface area contributed by atoms with E-state index in [-0.39, 0.29) is 0 Å². The van der Waals surface area contributed by atoms with Crippen molar-refractivity contribution in [3.8, 4) is 0 Å². The Balaban J connectivity index is 2.54. The minimum absolute atomic E-state index is 0.293. The van der Waals surface area contributed by atoms with E-state index in [4.69, 9.17) is 5.73 Å². The minimum Gasteiger partial charge on any atom is -0.387 e. The quantitative estimate of drug-likeness (QED) is 0.661. The van der Waals surface area contributed by atoms with E-state index in [0.29, 0.717) is 24.0 Å². The van der Waals surface area contributed by atoms with Gasteiger partial charge in [0.25, 0.3) is 0 Å². The summed E-state index contributed by atoms with van der Waals surface area (Å²) >= 11 is 0. The van der Waals surface area contributed by atoms with Gasteiger partial charge >= 0.3 is 0 Å². The van der Waals surface area contributed by atoms with Crippen LogP contribution in [0.2, 0.25) is 0 Å². The largest absolute Gasteiger partial charge is 0.387 e. The molecule has 1 aliphatic rings. The molecule has 1 aromatic carbocycles. The van der Waals surface area contributed by atoms with E-state index in [1.54, 1.807) is 0 Å². The molecule has 0 heterocycles. The zero-order valence-corrected chi connectivity index (χ0v) is 7.50. The standard InChI is InChI=1S/C10H11F2NO/c11-5-3-7-6(8(12)4-5)1-2-9(13)10(7)14/h3-4,9-10,14H,1-2,13H2. The van der Waals surface area contributed by atoms with E-state index >= 15 is 0 Å². The van der Waals surface area contributed by atoms with Crippen LogP contribution in [-0.2, 0) is 6.42 Å². The van der Waals surface area contributed by atoms with Crippen molar-refractivity contribution in [2.45, 2.75) is 25.0 Å². The molecule has 0 fully saturated rings. The van der Waals surface area contributed by atoms with Gasteiger partial charge < -0.3 is 10.8 Å². The number of aliphatic hydroxyl groups excluding tert-OH is 1. The van der Waals surface area contributed by atoms with Crippen molar-refractivity contribution < 1.29 is 13.9 Å². The molecular formula is C10H11F2NO. The molecule has 0 radical (unpaired) electrons. The SMILES string of the molecule is NC1CCc2c(F)cc(F)cc2C1O. The highest BCUT2D eigenvalue weighted by atomic mass is 19.1. The lowest BCUT2D eigenvalue weighted by Gasteiger charge is -2.27. The lowest BCUT2D eigenvalue weighted by Crippen LogP contribution is -2.33. The molecule has 0 saturated heterocycles. The molecule has 4 heteroatoms. The molecule has 3 N–H and O–H groups in total. The first kappa shape index (κ1) is 9.55. The average Bonchev–Trinajstić information content (AvgIpc) is 2.12. The second-order valence-corrected chi connectivity index (χ2v) is 3.60. The highest BCUT2D eigenvalue weighted by Crippen LogP contribution is 2.31. The molecule has 0 aliphatic heterocycles. The molecule has 0 aromatic heterocycles. The Hall–Kier alpha value is -1.00. The van der Waals surface area contributed by atoms with E-state index in [2.05, 4.69) is 0 Å². The van der Waals surface area contributed by atoms with Crippen LogP contribution in [0.3, 0.4) is 0 Å². The summed E-state index contributed by atoms with van der Waals surface area (Å²) in [6.45, 7) is 0. The number of halogens is 2. The zero-order valence-electron chi connectivity index (χ0n) is 7.50. The summed E-state index contributed by atoms with van der Waals surface area (Å²) in [6.07, 6.45) is 0.0279. The van der Waals surface area contributed by atoms with Crippen LogP contribution >= 0.6 is 0 Å². The summed E-state index contributed by atoms with van der Waals surface area (Å²) in [5.41, 5.74) is 6.28. The summed E-state index contributed by atoms with van der Waals surface area (Å²) in [7, 11) is 0. The van der Waals surface area contributed by atoms with Gasteiger partial charge in [-0.15, -0.1) is 0 Å². The summed E-state index contributed by atoms with van der Waals surface area (Å²) in [6, 6.07) is 1.56. The first-order valence-corrected chi connectivity index (χ1v) is 4.51. The van der Waals surface area contributed by atoms with Gasteiger partial charge in [-0.1, -0.05) is 0 Å². The van der Waals surface area contributed by atoms with Crippen molar-refractivity contribution in [2.24, 2.45) is 5.73 Å². The van der Waals surface area contributed by atoms with Crippen molar-refractivity contribution in [1.82, 2.24) is 0 Å². The number of rotatable bonds is 0. The van der Waals surface area contributed by atoms with Gasteiger partial charge in [0.1, 0.15) is 11.6 Å². The zero-order chi connectivity index (χ0) is 10.3. The molecule has 76 valence electrons. The first-order valence-electron chi connectivity index (χ1n) is 4.51. The highest BCUT2D eigenvalue weighted by Gasteiger charge is 2.27. The van der Waals surface area contributed by atoms with Crippen LogP contribution in [0.1, 0.15) is 23.7 Å². The van der Waals surface area contributed by atoms with Crippen LogP contribution in [0.25, 0.3) is 0 Å². The van der Waals surface area contributed by atoms with Crippen LogP contribution in [0.4, 0.5) is 8.78 Å². The second kappa shape index (κ2) is 3.29. The van der Waals surface area contributed by atoms with Gasteiger partial charge in [0.15, 0.2) is 0 Å². The predicted molar refractivity (Wildman–Crippen MR) is 47.6 cm³/mol. The third kappa shape index (κ3) is 1.40. The normalized spacial score (nSPS) is 26.0. The van der Waals surface area contributed by atoms with Crippen LogP contribution in [0.5, 0.6) is 0 Å². The van der Waals surface area contributed by atoms with Gasteiger partial charge in [0.2, 0.25) is 0 Å². The first-order chi connectivity index (χ1) is 6.59. The molecule has 2 rings (SSSR count). The summed E-state index contributed by atoms with van der Waals surface area (Å²) in [5, 5.41) is 9.62. The Kier molecular flexibility index (Phi) is 2.25. The predicted octanol–water partition coefficient (Wildman–Crippen LogP) is 1.27. The maximum absolute atomic E-state index is 13.2. The van der Waals surface area contributed by atoms with E-state index in [9.17, 15) is 13.9 Å².